The number of hydrogen-bond donors (Lipinski definition) is 1. The van der Waals surface area contributed by atoms with Gasteiger partial charge in [-0.3, -0.25) is 4.79 Å². The van der Waals surface area contributed by atoms with Crippen molar-refractivity contribution >= 4 is 17.7 Å². The summed E-state index contributed by atoms with van der Waals surface area (Å²) in [5, 5.41) is 7.18. The lowest BCUT2D eigenvalue weighted by Gasteiger charge is -2.05. The summed E-state index contributed by atoms with van der Waals surface area (Å²) in [7, 11) is 0. The number of nitrogens with zero attached hydrogens (tertiary/aromatic N) is 3. The van der Waals surface area contributed by atoms with E-state index in [-0.39, 0.29) is 5.91 Å². The molecule has 3 aromatic rings. The van der Waals surface area contributed by atoms with Gasteiger partial charge in [-0.15, -0.1) is 0 Å². The molecule has 0 aliphatic rings. The van der Waals surface area contributed by atoms with Crippen molar-refractivity contribution in [3.05, 3.63) is 77.8 Å². The molecule has 2 heterocycles. The molecule has 3 rings (SSSR count). The molecule has 0 saturated heterocycles. The second kappa shape index (κ2) is 6.91. The number of benzene rings is 1. The minimum Gasteiger partial charge on any atom is -0.321 e. The van der Waals surface area contributed by atoms with Crippen LogP contribution in [0, 0.1) is 13.8 Å². The Labute approximate surface area is 140 Å². The van der Waals surface area contributed by atoms with Gasteiger partial charge in [-0.05, 0) is 43.7 Å². The molecule has 2 aromatic heterocycles. The quantitative estimate of drug-likeness (QED) is 0.749. The number of rotatable bonds is 4. The number of pyridine rings is 1. The molecule has 0 radical (unpaired) electrons. The molecule has 0 aliphatic heterocycles. The third-order valence-electron chi connectivity index (χ3n) is 3.47. The summed E-state index contributed by atoms with van der Waals surface area (Å²) in [4.78, 5) is 16.3. The maximum Gasteiger partial charge on any atom is 0.248 e. The van der Waals surface area contributed by atoms with Crippen LogP contribution in [0.5, 0.6) is 0 Å². The minimum absolute atomic E-state index is 0.195. The van der Waals surface area contributed by atoms with Gasteiger partial charge < -0.3 is 5.32 Å². The first-order valence-corrected chi connectivity index (χ1v) is 7.65. The fourth-order valence-electron chi connectivity index (χ4n) is 2.37. The summed E-state index contributed by atoms with van der Waals surface area (Å²) in [5.74, 6) is 0.526. The molecule has 5 heteroatoms. The molecule has 1 N–H and O–H groups in total. The van der Waals surface area contributed by atoms with E-state index in [1.165, 1.54) is 6.08 Å². The van der Waals surface area contributed by atoms with E-state index in [1.807, 2.05) is 62.4 Å². The van der Waals surface area contributed by atoms with Crippen LogP contribution in [-0.4, -0.2) is 20.7 Å². The molecule has 0 unspecified atom stereocenters. The van der Waals surface area contributed by atoms with Gasteiger partial charge in [0.2, 0.25) is 5.91 Å². The first kappa shape index (κ1) is 15.7. The molecule has 1 amide bonds. The van der Waals surface area contributed by atoms with Crippen molar-refractivity contribution in [3.63, 3.8) is 0 Å². The monoisotopic (exact) mass is 318 g/mol. The molecule has 0 spiro atoms. The Kier molecular flexibility index (Phi) is 4.52. The smallest absolute Gasteiger partial charge is 0.248 e. The summed E-state index contributed by atoms with van der Waals surface area (Å²) in [6, 6.07) is 15.3. The van der Waals surface area contributed by atoms with E-state index in [1.54, 1.807) is 17.0 Å². The van der Waals surface area contributed by atoms with Crippen LogP contribution in [-0.2, 0) is 4.79 Å². The summed E-state index contributed by atoms with van der Waals surface area (Å²) in [6.07, 6.45) is 4.90. The van der Waals surface area contributed by atoms with E-state index < -0.39 is 0 Å². The van der Waals surface area contributed by atoms with Crippen molar-refractivity contribution < 1.29 is 4.79 Å². The molecule has 0 fully saturated rings. The normalized spacial score (nSPS) is 10.9. The maximum absolute atomic E-state index is 12.0. The number of aryl methyl sites for hydroxylation is 2. The van der Waals surface area contributed by atoms with Gasteiger partial charge in [-0.1, -0.05) is 30.3 Å². The van der Waals surface area contributed by atoms with Crippen LogP contribution in [0.4, 0.5) is 5.69 Å². The van der Waals surface area contributed by atoms with E-state index in [4.69, 9.17) is 0 Å². The predicted octanol–water partition coefficient (Wildman–Crippen LogP) is 3.54. The Morgan fingerprint density at radius 3 is 2.54 bits per heavy atom. The van der Waals surface area contributed by atoms with Gasteiger partial charge >= 0.3 is 0 Å². The van der Waals surface area contributed by atoms with Gasteiger partial charge in [-0.25, -0.2) is 9.67 Å². The van der Waals surface area contributed by atoms with Crippen molar-refractivity contribution in [2.24, 2.45) is 0 Å². The number of anilines is 1. The van der Waals surface area contributed by atoms with Crippen LogP contribution in [0.15, 0.2) is 60.8 Å². The van der Waals surface area contributed by atoms with E-state index in [0.717, 1.165) is 22.8 Å². The van der Waals surface area contributed by atoms with Crippen molar-refractivity contribution in [1.29, 1.82) is 0 Å². The van der Waals surface area contributed by atoms with Crippen molar-refractivity contribution in [3.8, 4) is 5.82 Å². The lowest BCUT2D eigenvalue weighted by molar-refractivity contribution is -0.111. The van der Waals surface area contributed by atoms with Crippen LogP contribution >= 0.6 is 0 Å². The Morgan fingerprint density at radius 1 is 1.12 bits per heavy atom. The lowest BCUT2D eigenvalue weighted by atomic mass is 10.2. The van der Waals surface area contributed by atoms with Gasteiger partial charge in [0.05, 0.1) is 17.6 Å². The van der Waals surface area contributed by atoms with E-state index in [2.05, 4.69) is 15.4 Å². The molecule has 0 bridgehead atoms. The number of hydrogen-bond acceptors (Lipinski definition) is 3. The maximum atomic E-state index is 12.0. The summed E-state index contributed by atoms with van der Waals surface area (Å²) >= 11 is 0. The van der Waals surface area contributed by atoms with Crippen molar-refractivity contribution in [2.45, 2.75) is 13.8 Å². The number of carbonyl (C=O) groups is 1. The second-order valence-electron chi connectivity index (χ2n) is 5.48. The zero-order valence-corrected chi connectivity index (χ0v) is 13.6. The van der Waals surface area contributed by atoms with Crippen molar-refractivity contribution in [2.75, 3.05) is 5.32 Å². The van der Waals surface area contributed by atoms with Crippen LogP contribution < -0.4 is 5.32 Å². The van der Waals surface area contributed by atoms with Crippen molar-refractivity contribution in [1.82, 2.24) is 14.8 Å². The lowest BCUT2D eigenvalue weighted by Crippen LogP contribution is -2.09. The zero-order valence-electron chi connectivity index (χ0n) is 13.6. The number of nitrogens with one attached hydrogen (secondary N) is 1. The highest BCUT2D eigenvalue weighted by molar-refractivity contribution is 6.01. The fraction of sp³-hybridized carbons (Fsp3) is 0.105. The molecule has 0 saturated carbocycles. The van der Waals surface area contributed by atoms with E-state index in [9.17, 15) is 4.79 Å². The highest BCUT2D eigenvalue weighted by atomic mass is 16.1. The topological polar surface area (TPSA) is 59.8 Å². The third-order valence-corrected chi connectivity index (χ3v) is 3.47. The molecular formula is C19H18N4O. The Balaban J connectivity index is 1.67. The molecule has 0 atom stereocenters. The molecular weight excluding hydrogens is 300 g/mol. The SMILES string of the molecule is Cc1cc(C)n(-c2ccc(NC(=O)/C=C/c3ccccc3)cn2)n1. The largest absolute Gasteiger partial charge is 0.321 e. The van der Waals surface area contributed by atoms with E-state index >= 15 is 0 Å². The van der Waals surface area contributed by atoms with Gasteiger partial charge in [0.15, 0.2) is 5.82 Å². The predicted molar refractivity (Wildman–Crippen MR) is 94.9 cm³/mol. The fourth-order valence-corrected chi connectivity index (χ4v) is 2.37. The van der Waals surface area contributed by atoms with Crippen LogP contribution in [0.3, 0.4) is 0 Å². The molecule has 1 aromatic carbocycles. The van der Waals surface area contributed by atoms with Crippen LogP contribution in [0.25, 0.3) is 11.9 Å². The Bertz CT molecular complexity index is 864. The van der Waals surface area contributed by atoms with Crippen LogP contribution in [0.2, 0.25) is 0 Å². The molecule has 5 nitrogen and oxygen atoms in total. The average molecular weight is 318 g/mol. The zero-order chi connectivity index (χ0) is 16.9. The van der Waals surface area contributed by atoms with Gasteiger partial charge in [0.25, 0.3) is 0 Å². The second-order valence-corrected chi connectivity index (χ2v) is 5.48. The average Bonchev–Trinajstić information content (AvgIpc) is 2.93. The first-order valence-electron chi connectivity index (χ1n) is 7.65. The van der Waals surface area contributed by atoms with Gasteiger partial charge in [0, 0.05) is 11.8 Å². The molecule has 120 valence electrons. The molecule has 0 aliphatic carbocycles. The molecule has 24 heavy (non-hydrogen) atoms. The summed E-state index contributed by atoms with van der Waals surface area (Å²) < 4.78 is 1.77. The Hall–Kier alpha value is -3.21. The van der Waals surface area contributed by atoms with Crippen LogP contribution in [0.1, 0.15) is 17.0 Å². The van der Waals surface area contributed by atoms with E-state index in [0.29, 0.717) is 5.69 Å². The Morgan fingerprint density at radius 2 is 1.92 bits per heavy atom. The standard InChI is InChI=1S/C19H18N4O/c1-14-12-15(2)23(22-14)18-10-9-17(13-20-18)21-19(24)11-8-16-6-4-3-5-7-16/h3-13H,1-2H3,(H,21,24)/b11-8+. The minimum atomic E-state index is -0.195. The summed E-state index contributed by atoms with van der Waals surface area (Å²) in [5.41, 5.74) is 3.58. The number of amides is 1. The first-order chi connectivity index (χ1) is 11.6. The number of carbonyl (C=O) groups excluding carboxylic acids is 1. The van der Waals surface area contributed by atoms with Gasteiger partial charge in [-0.2, -0.15) is 5.10 Å². The number of aromatic nitrogens is 3. The highest BCUT2D eigenvalue weighted by Crippen LogP contribution is 2.12. The third kappa shape index (κ3) is 3.76. The summed E-state index contributed by atoms with van der Waals surface area (Å²) in [6.45, 7) is 3.92. The van der Waals surface area contributed by atoms with Gasteiger partial charge in [0.1, 0.15) is 0 Å². The highest BCUT2D eigenvalue weighted by Gasteiger charge is 2.05.